The summed E-state index contributed by atoms with van der Waals surface area (Å²) in [6.45, 7) is 2.14. The van der Waals surface area contributed by atoms with E-state index in [1.807, 2.05) is 12.1 Å². The molecule has 1 aromatic carbocycles. The van der Waals surface area contributed by atoms with Crippen molar-refractivity contribution in [3.63, 3.8) is 0 Å². The third kappa shape index (κ3) is 2.87. The van der Waals surface area contributed by atoms with Gasteiger partial charge in [0.1, 0.15) is 11.2 Å². The van der Waals surface area contributed by atoms with Gasteiger partial charge in [0.25, 0.3) is 11.5 Å². The van der Waals surface area contributed by atoms with E-state index in [1.165, 1.54) is 21.8 Å². The number of nitrogens with one attached hydrogen (secondary N) is 1. The summed E-state index contributed by atoms with van der Waals surface area (Å²) in [5.74, 6) is -0.386. The molecule has 0 atom stereocenters. The van der Waals surface area contributed by atoms with Crippen LogP contribution in [0.25, 0.3) is 5.65 Å². The largest absolute Gasteiger partial charge is 0.369 e. The number of amides is 1. The van der Waals surface area contributed by atoms with Gasteiger partial charge in [-0.1, -0.05) is 24.3 Å². The van der Waals surface area contributed by atoms with Crippen molar-refractivity contribution < 1.29 is 4.79 Å². The van der Waals surface area contributed by atoms with Crippen LogP contribution in [0.15, 0.2) is 59.7 Å². The Hall–Kier alpha value is -3.15. The Balaban J connectivity index is 1.43. The maximum Gasteiger partial charge on any atom is 0.270 e. The van der Waals surface area contributed by atoms with Crippen LogP contribution in [-0.4, -0.2) is 34.9 Å². The Kier molecular flexibility index (Phi) is 3.93. The fourth-order valence-electron chi connectivity index (χ4n) is 3.22. The molecule has 2 aromatic heterocycles. The first-order valence-corrected chi connectivity index (χ1v) is 8.31. The average Bonchev–Trinajstić information content (AvgIpc) is 3.05. The molecule has 1 aliphatic heterocycles. The fourth-order valence-corrected chi connectivity index (χ4v) is 3.22. The maximum atomic E-state index is 12.4. The van der Waals surface area contributed by atoms with E-state index in [2.05, 4.69) is 27.3 Å². The van der Waals surface area contributed by atoms with Crippen molar-refractivity contribution in [1.29, 1.82) is 0 Å². The smallest absolute Gasteiger partial charge is 0.270 e. The molecule has 3 aromatic rings. The molecule has 0 fully saturated rings. The number of rotatable bonds is 4. The number of aromatic nitrogens is 2. The van der Waals surface area contributed by atoms with Crippen LogP contribution in [0.4, 0.5) is 5.69 Å². The zero-order valence-electron chi connectivity index (χ0n) is 13.7. The zero-order chi connectivity index (χ0) is 17.2. The molecule has 0 radical (unpaired) electrons. The van der Waals surface area contributed by atoms with Gasteiger partial charge in [0, 0.05) is 37.7 Å². The number of fused-ring (bicyclic) bond motifs is 2. The third-order valence-electron chi connectivity index (χ3n) is 4.51. The lowest BCUT2D eigenvalue weighted by atomic mass is 10.2. The normalized spacial score (nSPS) is 13.0. The average molecular weight is 334 g/mol. The number of pyridine rings is 1. The van der Waals surface area contributed by atoms with Gasteiger partial charge in [0.05, 0.1) is 0 Å². The van der Waals surface area contributed by atoms with Crippen LogP contribution in [0.5, 0.6) is 0 Å². The molecule has 126 valence electrons. The number of hydrogen-bond acceptors (Lipinski definition) is 4. The summed E-state index contributed by atoms with van der Waals surface area (Å²) in [4.78, 5) is 31.2. The number of anilines is 1. The second-order valence-electron chi connectivity index (χ2n) is 6.03. The van der Waals surface area contributed by atoms with Gasteiger partial charge in [-0.05, 0) is 30.2 Å². The minimum atomic E-state index is -0.386. The summed E-state index contributed by atoms with van der Waals surface area (Å²) < 4.78 is 1.38. The summed E-state index contributed by atoms with van der Waals surface area (Å²) in [6, 6.07) is 13.6. The monoisotopic (exact) mass is 334 g/mol. The molecule has 0 bridgehead atoms. The van der Waals surface area contributed by atoms with E-state index < -0.39 is 0 Å². The van der Waals surface area contributed by atoms with Crippen LogP contribution < -0.4 is 15.8 Å². The Labute approximate surface area is 144 Å². The molecule has 25 heavy (non-hydrogen) atoms. The lowest BCUT2D eigenvalue weighted by Crippen LogP contribution is -2.37. The van der Waals surface area contributed by atoms with E-state index in [1.54, 1.807) is 24.4 Å². The number of nitrogens with zero attached hydrogens (tertiary/aromatic N) is 3. The van der Waals surface area contributed by atoms with Gasteiger partial charge in [-0.3, -0.25) is 14.0 Å². The van der Waals surface area contributed by atoms with Crippen LogP contribution in [0, 0.1) is 0 Å². The van der Waals surface area contributed by atoms with E-state index in [4.69, 9.17) is 0 Å². The van der Waals surface area contributed by atoms with Gasteiger partial charge in [-0.25, -0.2) is 4.98 Å². The highest BCUT2D eigenvalue weighted by Gasteiger charge is 2.18. The van der Waals surface area contributed by atoms with Crippen molar-refractivity contribution in [2.45, 2.75) is 6.42 Å². The summed E-state index contributed by atoms with van der Waals surface area (Å²) >= 11 is 0. The van der Waals surface area contributed by atoms with Gasteiger partial charge in [-0.15, -0.1) is 0 Å². The highest BCUT2D eigenvalue weighted by atomic mass is 16.2. The number of carbonyl (C=O) groups excluding carboxylic acids is 1. The molecule has 1 amide bonds. The SMILES string of the molecule is O=C(NCCN1CCc2ccccc21)c1cnc2ccccn2c1=O. The van der Waals surface area contributed by atoms with Gasteiger partial charge in [0.2, 0.25) is 0 Å². The second kappa shape index (κ2) is 6.39. The van der Waals surface area contributed by atoms with E-state index in [9.17, 15) is 9.59 Å². The molecule has 6 heteroatoms. The standard InChI is InChI=1S/C19H18N4O2/c24-18(15-13-21-17-7-3-4-10-23(17)19(15)25)20-9-12-22-11-8-14-5-1-2-6-16(14)22/h1-7,10,13H,8-9,11-12H2,(H,20,24). The Morgan fingerprint density at radius 3 is 2.92 bits per heavy atom. The van der Waals surface area contributed by atoms with Gasteiger partial charge in [0.15, 0.2) is 0 Å². The van der Waals surface area contributed by atoms with Crippen LogP contribution in [0.3, 0.4) is 0 Å². The summed E-state index contributed by atoms with van der Waals surface area (Å²) in [5, 5.41) is 2.83. The molecular weight excluding hydrogens is 316 g/mol. The molecule has 0 saturated carbocycles. The molecular formula is C19H18N4O2. The van der Waals surface area contributed by atoms with Gasteiger partial charge in [-0.2, -0.15) is 0 Å². The summed E-state index contributed by atoms with van der Waals surface area (Å²) in [6.07, 6.45) is 3.99. The molecule has 6 nitrogen and oxygen atoms in total. The van der Waals surface area contributed by atoms with E-state index >= 15 is 0 Å². The molecule has 0 spiro atoms. The first-order valence-electron chi connectivity index (χ1n) is 8.31. The zero-order valence-corrected chi connectivity index (χ0v) is 13.7. The predicted octanol–water partition coefficient (Wildman–Crippen LogP) is 1.49. The van der Waals surface area contributed by atoms with Crippen molar-refractivity contribution in [3.05, 3.63) is 76.3 Å². The number of benzene rings is 1. The Bertz CT molecular complexity index is 996. The van der Waals surface area contributed by atoms with Crippen molar-refractivity contribution in [1.82, 2.24) is 14.7 Å². The second-order valence-corrected chi connectivity index (χ2v) is 6.03. The molecule has 1 N–H and O–H groups in total. The highest BCUT2D eigenvalue weighted by Crippen LogP contribution is 2.26. The van der Waals surface area contributed by atoms with Gasteiger partial charge >= 0.3 is 0 Å². The Morgan fingerprint density at radius 1 is 1.16 bits per heavy atom. The van der Waals surface area contributed by atoms with Crippen LogP contribution in [-0.2, 0) is 6.42 Å². The first-order chi connectivity index (χ1) is 12.2. The van der Waals surface area contributed by atoms with E-state index in [0.717, 1.165) is 13.0 Å². The highest BCUT2D eigenvalue weighted by molar-refractivity contribution is 5.93. The van der Waals surface area contributed by atoms with Crippen molar-refractivity contribution in [2.75, 3.05) is 24.5 Å². The first kappa shape index (κ1) is 15.4. The summed E-state index contributed by atoms with van der Waals surface area (Å²) in [5.41, 5.74) is 2.80. The fraction of sp³-hybridized carbons (Fsp3) is 0.211. The maximum absolute atomic E-state index is 12.4. The third-order valence-corrected chi connectivity index (χ3v) is 4.51. The van der Waals surface area contributed by atoms with E-state index in [-0.39, 0.29) is 17.0 Å². The van der Waals surface area contributed by atoms with Crippen molar-refractivity contribution >= 4 is 17.2 Å². The predicted molar refractivity (Wildman–Crippen MR) is 96.2 cm³/mol. The molecule has 3 heterocycles. The Morgan fingerprint density at radius 2 is 2.00 bits per heavy atom. The van der Waals surface area contributed by atoms with Crippen molar-refractivity contribution in [3.8, 4) is 0 Å². The van der Waals surface area contributed by atoms with Crippen LogP contribution >= 0.6 is 0 Å². The van der Waals surface area contributed by atoms with E-state index in [0.29, 0.717) is 18.7 Å². The lowest BCUT2D eigenvalue weighted by molar-refractivity contribution is 0.0952. The van der Waals surface area contributed by atoms with Gasteiger partial charge < -0.3 is 10.2 Å². The van der Waals surface area contributed by atoms with Crippen LogP contribution in [0.1, 0.15) is 15.9 Å². The molecule has 0 saturated heterocycles. The number of hydrogen-bond donors (Lipinski definition) is 1. The molecule has 4 rings (SSSR count). The molecule has 1 aliphatic rings. The van der Waals surface area contributed by atoms with Crippen LogP contribution in [0.2, 0.25) is 0 Å². The summed E-state index contributed by atoms with van der Waals surface area (Å²) in [7, 11) is 0. The number of para-hydroxylation sites is 1. The molecule has 0 unspecified atom stereocenters. The quantitative estimate of drug-likeness (QED) is 0.785. The molecule has 0 aliphatic carbocycles. The minimum Gasteiger partial charge on any atom is -0.369 e. The van der Waals surface area contributed by atoms with Crippen molar-refractivity contribution in [2.24, 2.45) is 0 Å². The number of carbonyl (C=O) groups is 1. The lowest BCUT2D eigenvalue weighted by Gasteiger charge is -2.19. The topological polar surface area (TPSA) is 66.7 Å². The minimum absolute atomic E-state index is 0.0607.